The molecule has 0 heterocycles. The molecular weight excluding hydrogens is 144 g/mol. The molecule has 0 aliphatic carbocycles. The summed E-state index contributed by atoms with van der Waals surface area (Å²) in [5.41, 5.74) is 0. The molecule has 0 aromatic rings. The van der Waals surface area contributed by atoms with Gasteiger partial charge >= 0.3 is 0 Å². The molecule has 0 nitrogen and oxygen atoms in total. The predicted molar refractivity (Wildman–Crippen MR) is 57.0 cm³/mol. The molecule has 0 rings (SSSR count). The van der Waals surface area contributed by atoms with Crippen molar-refractivity contribution in [1.82, 2.24) is 0 Å². The highest BCUT2D eigenvalue weighted by molar-refractivity contribution is 5.02. The first-order chi connectivity index (χ1) is 5.91. The van der Waals surface area contributed by atoms with Crippen LogP contribution in [0.1, 0.15) is 45.4 Å². The Bertz CT molecular complexity index is 120. The van der Waals surface area contributed by atoms with E-state index >= 15 is 0 Å². The van der Waals surface area contributed by atoms with E-state index in [0.29, 0.717) is 0 Å². The first kappa shape index (κ1) is 11.5. The van der Waals surface area contributed by atoms with Crippen LogP contribution in [0.3, 0.4) is 0 Å². The van der Waals surface area contributed by atoms with Crippen LogP contribution < -0.4 is 0 Å². The molecule has 0 heteroatoms. The monoisotopic (exact) mass is 165 g/mol. The van der Waals surface area contributed by atoms with Gasteiger partial charge in [-0.05, 0) is 25.7 Å². The van der Waals surface area contributed by atoms with E-state index in [2.05, 4.69) is 38.2 Å². The number of rotatable bonds is 7. The molecule has 0 bridgehead atoms. The van der Waals surface area contributed by atoms with Crippen LogP contribution in [0.15, 0.2) is 24.3 Å². The molecule has 0 amide bonds. The molecule has 0 saturated heterocycles. The summed E-state index contributed by atoms with van der Waals surface area (Å²) in [5, 5.41) is 0. The predicted octanol–water partition coefficient (Wildman–Crippen LogP) is 4.29. The SMILES string of the molecule is [CH2]CC/C=C/C=C/CCCCC. The van der Waals surface area contributed by atoms with Crippen molar-refractivity contribution in [2.75, 3.05) is 0 Å². The van der Waals surface area contributed by atoms with Crippen molar-refractivity contribution in [2.45, 2.75) is 45.4 Å². The third-order valence-corrected chi connectivity index (χ3v) is 1.73. The van der Waals surface area contributed by atoms with Gasteiger partial charge in [0.15, 0.2) is 0 Å². The highest BCUT2D eigenvalue weighted by Crippen LogP contribution is 1.99. The standard InChI is InChI=1S/C12H21/c1-3-5-7-9-11-12-10-8-6-4-2/h7,9,11-12H,1,3-6,8,10H2,2H3/b9-7+,12-11+. The lowest BCUT2D eigenvalue weighted by atomic mass is 10.2. The zero-order chi connectivity index (χ0) is 9.07. The Balaban J connectivity index is 3.13. The lowest BCUT2D eigenvalue weighted by Gasteiger charge is -1.89. The normalized spacial score (nSPS) is 11.8. The first-order valence-electron chi connectivity index (χ1n) is 5.02. The highest BCUT2D eigenvalue weighted by Gasteiger charge is 1.79. The molecule has 0 aromatic heterocycles. The fourth-order valence-electron chi connectivity index (χ4n) is 0.980. The Morgan fingerprint density at radius 3 is 2.25 bits per heavy atom. The average Bonchev–Trinajstić information content (AvgIpc) is 2.10. The maximum Gasteiger partial charge on any atom is -0.0348 e. The summed E-state index contributed by atoms with van der Waals surface area (Å²) in [4.78, 5) is 0. The maximum absolute atomic E-state index is 3.77. The Morgan fingerprint density at radius 1 is 1.00 bits per heavy atom. The molecule has 0 fully saturated rings. The minimum absolute atomic E-state index is 1.00. The van der Waals surface area contributed by atoms with E-state index in [1.54, 1.807) is 0 Å². The zero-order valence-corrected chi connectivity index (χ0v) is 8.26. The molecule has 1 radical (unpaired) electrons. The Labute approximate surface area is 77.4 Å². The number of hydrogen-bond donors (Lipinski definition) is 0. The fourth-order valence-corrected chi connectivity index (χ4v) is 0.980. The van der Waals surface area contributed by atoms with E-state index < -0.39 is 0 Å². The molecule has 0 aromatic carbocycles. The molecule has 0 N–H and O–H groups in total. The largest absolute Gasteiger partial charge is 0.0845 e. The van der Waals surface area contributed by atoms with Crippen LogP contribution in [0, 0.1) is 6.92 Å². The van der Waals surface area contributed by atoms with Crippen LogP contribution in [0.5, 0.6) is 0 Å². The Morgan fingerprint density at radius 2 is 1.67 bits per heavy atom. The van der Waals surface area contributed by atoms with E-state index in [9.17, 15) is 0 Å². The summed E-state index contributed by atoms with van der Waals surface area (Å²) >= 11 is 0. The van der Waals surface area contributed by atoms with Crippen molar-refractivity contribution in [1.29, 1.82) is 0 Å². The van der Waals surface area contributed by atoms with Crippen LogP contribution in [0.4, 0.5) is 0 Å². The first-order valence-corrected chi connectivity index (χ1v) is 5.02. The van der Waals surface area contributed by atoms with Gasteiger partial charge in [-0.15, -0.1) is 0 Å². The van der Waals surface area contributed by atoms with Crippen LogP contribution in [0.2, 0.25) is 0 Å². The molecule has 0 spiro atoms. The van der Waals surface area contributed by atoms with Crippen molar-refractivity contribution in [3.8, 4) is 0 Å². The second-order valence-electron chi connectivity index (χ2n) is 2.99. The van der Waals surface area contributed by atoms with Gasteiger partial charge in [0, 0.05) is 0 Å². The molecule has 0 aliphatic rings. The quantitative estimate of drug-likeness (QED) is 0.390. The second-order valence-corrected chi connectivity index (χ2v) is 2.99. The maximum atomic E-state index is 3.77. The van der Waals surface area contributed by atoms with Gasteiger partial charge < -0.3 is 0 Å². The summed E-state index contributed by atoms with van der Waals surface area (Å²) in [7, 11) is 0. The second kappa shape index (κ2) is 10.5. The van der Waals surface area contributed by atoms with Gasteiger partial charge in [-0.2, -0.15) is 0 Å². The van der Waals surface area contributed by atoms with Crippen molar-refractivity contribution in [3.05, 3.63) is 31.2 Å². The summed E-state index contributed by atoms with van der Waals surface area (Å²) < 4.78 is 0. The van der Waals surface area contributed by atoms with Crippen molar-refractivity contribution >= 4 is 0 Å². The zero-order valence-electron chi connectivity index (χ0n) is 8.26. The van der Waals surface area contributed by atoms with Gasteiger partial charge in [-0.1, -0.05) is 51.0 Å². The molecule has 12 heavy (non-hydrogen) atoms. The summed E-state index contributed by atoms with van der Waals surface area (Å²) in [6.45, 7) is 6.00. The fraction of sp³-hybridized carbons (Fsp3) is 0.583. The molecular formula is C12H21. The van der Waals surface area contributed by atoms with Crippen LogP contribution in [-0.2, 0) is 0 Å². The van der Waals surface area contributed by atoms with Crippen LogP contribution in [0.25, 0.3) is 0 Å². The van der Waals surface area contributed by atoms with Crippen molar-refractivity contribution in [2.24, 2.45) is 0 Å². The van der Waals surface area contributed by atoms with Crippen molar-refractivity contribution < 1.29 is 0 Å². The average molecular weight is 165 g/mol. The van der Waals surface area contributed by atoms with Gasteiger partial charge in [0.1, 0.15) is 0 Å². The van der Waals surface area contributed by atoms with Gasteiger partial charge in [0.25, 0.3) is 0 Å². The smallest absolute Gasteiger partial charge is 0.0348 e. The van der Waals surface area contributed by atoms with Crippen molar-refractivity contribution in [3.63, 3.8) is 0 Å². The molecule has 0 unspecified atom stereocenters. The van der Waals surface area contributed by atoms with Gasteiger partial charge in [0.2, 0.25) is 0 Å². The molecule has 0 atom stereocenters. The van der Waals surface area contributed by atoms with E-state index in [0.717, 1.165) is 12.8 Å². The van der Waals surface area contributed by atoms with Crippen LogP contribution in [-0.4, -0.2) is 0 Å². The van der Waals surface area contributed by atoms with E-state index in [1.165, 1.54) is 25.7 Å². The van der Waals surface area contributed by atoms with Crippen LogP contribution >= 0.6 is 0 Å². The molecule has 0 saturated carbocycles. The summed E-state index contributed by atoms with van der Waals surface area (Å²) in [6.07, 6.45) is 16.0. The highest BCUT2D eigenvalue weighted by atomic mass is 13.9. The van der Waals surface area contributed by atoms with Gasteiger partial charge in [-0.3, -0.25) is 0 Å². The number of unbranched alkanes of at least 4 members (excludes halogenated alkanes) is 4. The van der Waals surface area contributed by atoms with Gasteiger partial charge in [0.05, 0.1) is 0 Å². The Kier molecular flexibility index (Phi) is 10.0. The summed E-state index contributed by atoms with van der Waals surface area (Å²) in [6, 6.07) is 0. The number of allylic oxidation sites excluding steroid dienone is 4. The Hall–Kier alpha value is -0.520. The minimum Gasteiger partial charge on any atom is -0.0845 e. The third-order valence-electron chi connectivity index (χ3n) is 1.73. The van der Waals surface area contributed by atoms with E-state index in [4.69, 9.17) is 0 Å². The van der Waals surface area contributed by atoms with E-state index in [1.807, 2.05) is 0 Å². The van der Waals surface area contributed by atoms with Gasteiger partial charge in [-0.25, -0.2) is 0 Å². The lowest BCUT2D eigenvalue weighted by molar-refractivity contribution is 0.729. The topological polar surface area (TPSA) is 0 Å². The number of hydrogen-bond acceptors (Lipinski definition) is 0. The molecule has 69 valence electrons. The molecule has 0 aliphatic heterocycles. The lowest BCUT2D eigenvalue weighted by Crippen LogP contribution is -1.69. The van der Waals surface area contributed by atoms with E-state index in [-0.39, 0.29) is 0 Å². The summed E-state index contributed by atoms with van der Waals surface area (Å²) in [5.74, 6) is 0. The minimum atomic E-state index is 1.00. The third kappa shape index (κ3) is 9.48.